The molecule has 1 unspecified atom stereocenters. The molecule has 0 amide bonds. The van der Waals surface area contributed by atoms with Gasteiger partial charge in [-0.1, -0.05) is 46.3 Å². The third kappa shape index (κ3) is 2.80. The van der Waals surface area contributed by atoms with Crippen molar-refractivity contribution in [3.8, 4) is 0 Å². The van der Waals surface area contributed by atoms with Gasteiger partial charge in [0.1, 0.15) is 4.70 Å². The average molecular weight is 363 g/mol. The molecule has 3 rings (SSSR count). The Hall–Kier alpha value is -1.46. The summed E-state index contributed by atoms with van der Waals surface area (Å²) >= 11 is 5.03. The highest BCUT2D eigenvalue weighted by atomic mass is 79.9. The zero-order chi connectivity index (χ0) is 14.8. The third-order valence-electron chi connectivity index (χ3n) is 3.60. The second-order valence-electron chi connectivity index (χ2n) is 5.06. The molecule has 0 spiro atoms. The highest BCUT2D eigenvalue weighted by Crippen LogP contribution is 2.22. The molecule has 1 atom stereocenters. The Bertz CT molecular complexity index is 810. The molecule has 0 N–H and O–H groups in total. The van der Waals surface area contributed by atoms with Crippen LogP contribution >= 0.6 is 27.3 Å². The van der Waals surface area contributed by atoms with E-state index in [-0.39, 0.29) is 11.5 Å². The van der Waals surface area contributed by atoms with Crippen LogP contribution < -0.4 is 5.56 Å². The van der Waals surface area contributed by atoms with Crippen molar-refractivity contribution in [1.29, 1.82) is 0 Å². The first kappa shape index (κ1) is 14.5. The molecule has 0 saturated carbocycles. The molecule has 2 aromatic heterocycles. The van der Waals surface area contributed by atoms with Crippen molar-refractivity contribution < 1.29 is 0 Å². The van der Waals surface area contributed by atoms with E-state index in [1.807, 2.05) is 30.5 Å². The number of aromatic nitrogens is 2. The Labute approximate surface area is 135 Å². The van der Waals surface area contributed by atoms with Gasteiger partial charge in [0, 0.05) is 17.8 Å². The largest absolute Gasteiger partial charge is 0.297 e. The van der Waals surface area contributed by atoms with Gasteiger partial charge in [-0.25, -0.2) is 4.98 Å². The standard InChI is InChI=1S/C16H15BrN2OS/c1-11-9-21-15-14(11)18-10-19(16(15)20)8-13(7-17)12-5-3-2-4-6-12/h2-6,9-10,13H,7-8H2,1H3. The van der Waals surface area contributed by atoms with Gasteiger partial charge >= 0.3 is 0 Å². The second kappa shape index (κ2) is 6.12. The fourth-order valence-electron chi connectivity index (χ4n) is 2.40. The molecular weight excluding hydrogens is 348 g/mol. The molecule has 3 aromatic rings. The van der Waals surface area contributed by atoms with Crippen LogP contribution in [0.3, 0.4) is 0 Å². The zero-order valence-electron chi connectivity index (χ0n) is 11.6. The van der Waals surface area contributed by atoms with Crippen molar-refractivity contribution in [3.63, 3.8) is 0 Å². The van der Waals surface area contributed by atoms with E-state index in [9.17, 15) is 4.79 Å². The fraction of sp³-hybridized carbons (Fsp3) is 0.250. The highest BCUT2D eigenvalue weighted by molar-refractivity contribution is 9.09. The van der Waals surface area contributed by atoms with E-state index in [1.165, 1.54) is 16.9 Å². The number of alkyl halides is 1. The molecule has 5 heteroatoms. The van der Waals surface area contributed by atoms with E-state index >= 15 is 0 Å². The van der Waals surface area contributed by atoms with Crippen LogP contribution in [0.15, 0.2) is 46.8 Å². The van der Waals surface area contributed by atoms with Crippen LogP contribution in [-0.4, -0.2) is 14.9 Å². The lowest BCUT2D eigenvalue weighted by Gasteiger charge is -2.15. The summed E-state index contributed by atoms with van der Waals surface area (Å²) in [6.07, 6.45) is 1.67. The number of aryl methyl sites for hydroxylation is 1. The molecule has 0 saturated heterocycles. The monoisotopic (exact) mass is 362 g/mol. The number of fused-ring (bicyclic) bond motifs is 1. The summed E-state index contributed by atoms with van der Waals surface area (Å²) in [4.78, 5) is 17.0. The minimum absolute atomic E-state index is 0.0555. The van der Waals surface area contributed by atoms with Gasteiger partial charge in [-0.2, -0.15) is 0 Å². The van der Waals surface area contributed by atoms with E-state index in [4.69, 9.17) is 0 Å². The number of rotatable bonds is 4. The van der Waals surface area contributed by atoms with Crippen LogP contribution in [0.5, 0.6) is 0 Å². The second-order valence-corrected chi connectivity index (χ2v) is 6.59. The van der Waals surface area contributed by atoms with Crippen molar-refractivity contribution in [2.24, 2.45) is 0 Å². The molecule has 3 nitrogen and oxygen atoms in total. The van der Waals surface area contributed by atoms with E-state index < -0.39 is 0 Å². The number of thiophene rings is 1. The van der Waals surface area contributed by atoms with Crippen molar-refractivity contribution in [2.45, 2.75) is 19.4 Å². The van der Waals surface area contributed by atoms with E-state index in [0.717, 1.165) is 21.1 Å². The quantitative estimate of drug-likeness (QED) is 0.658. The number of hydrogen-bond donors (Lipinski definition) is 0. The molecule has 0 aliphatic rings. The molecule has 2 heterocycles. The maximum atomic E-state index is 12.5. The Morgan fingerprint density at radius 1 is 1.33 bits per heavy atom. The molecular formula is C16H15BrN2OS. The lowest BCUT2D eigenvalue weighted by atomic mass is 10.0. The number of benzene rings is 1. The molecule has 0 aliphatic carbocycles. The number of halogens is 1. The number of hydrogen-bond acceptors (Lipinski definition) is 3. The molecule has 108 valence electrons. The fourth-order valence-corrected chi connectivity index (χ4v) is 3.92. The van der Waals surface area contributed by atoms with Crippen molar-refractivity contribution in [3.05, 3.63) is 63.5 Å². The van der Waals surface area contributed by atoms with Gasteiger partial charge in [0.05, 0.1) is 11.8 Å². The van der Waals surface area contributed by atoms with Crippen molar-refractivity contribution >= 4 is 37.5 Å². The summed E-state index contributed by atoms with van der Waals surface area (Å²) in [7, 11) is 0. The summed E-state index contributed by atoms with van der Waals surface area (Å²) in [5, 5.41) is 2.80. The Morgan fingerprint density at radius 3 is 2.81 bits per heavy atom. The Balaban J connectivity index is 1.97. The Morgan fingerprint density at radius 2 is 2.10 bits per heavy atom. The molecule has 21 heavy (non-hydrogen) atoms. The predicted octanol–water partition coefficient (Wildman–Crippen LogP) is 3.95. The molecule has 1 aromatic carbocycles. The Kier molecular flexibility index (Phi) is 4.22. The summed E-state index contributed by atoms with van der Waals surface area (Å²) in [5.41, 5.74) is 3.18. The van der Waals surface area contributed by atoms with Gasteiger partial charge in [-0.15, -0.1) is 11.3 Å². The van der Waals surface area contributed by atoms with Gasteiger partial charge in [-0.3, -0.25) is 9.36 Å². The van der Waals surface area contributed by atoms with Gasteiger partial charge in [0.2, 0.25) is 0 Å². The normalized spacial score (nSPS) is 12.7. The van der Waals surface area contributed by atoms with Gasteiger partial charge in [-0.05, 0) is 23.4 Å². The molecule has 0 aliphatic heterocycles. The average Bonchev–Trinajstić information content (AvgIpc) is 2.90. The first-order valence-electron chi connectivity index (χ1n) is 6.75. The van der Waals surface area contributed by atoms with Gasteiger partial charge in [0.25, 0.3) is 5.56 Å². The lowest BCUT2D eigenvalue weighted by Crippen LogP contribution is -2.23. The summed E-state index contributed by atoms with van der Waals surface area (Å²) in [6.45, 7) is 2.62. The number of nitrogens with zero attached hydrogens (tertiary/aromatic N) is 2. The highest BCUT2D eigenvalue weighted by Gasteiger charge is 2.14. The van der Waals surface area contributed by atoms with Crippen LogP contribution in [0.25, 0.3) is 10.2 Å². The lowest BCUT2D eigenvalue weighted by molar-refractivity contribution is 0.585. The predicted molar refractivity (Wildman–Crippen MR) is 91.6 cm³/mol. The van der Waals surface area contributed by atoms with Gasteiger partial charge < -0.3 is 0 Å². The minimum Gasteiger partial charge on any atom is -0.297 e. The van der Waals surface area contributed by atoms with E-state index in [0.29, 0.717) is 6.54 Å². The van der Waals surface area contributed by atoms with E-state index in [1.54, 1.807) is 10.9 Å². The third-order valence-corrected chi connectivity index (χ3v) is 5.45. The maximum Gasteiger partial charge on any atom is 0.271 e. The van der Waals surface area contributed by atoms with Crippen LogP contribution in [-0.2, 0) is 6.54 Å². The van der Waals surface area contributed by atoms with Crippen LogP contribution in [0, 0.1) is 6.92 Å². The zero-order valence-corrected chi connectivity index (χ0v) is 14.0. The first-order valence-corrected chi connectivity index (χ1v) is 8.75. The first-order chi connectivity index (χ1) is 10.2. The summed E-state index contributed by atoms with van der Waals surface area (Å²) in [5.74, 6) is 0.254. The minimum atomic E-state index is 0.0555. The summed E-state index contributed by atoms with van der Waals surface area (Å²) in [6, 6.07) is 10.2. The smallest absolute Gasteiger partial charge is 0.271 e. The van der Waals surface area contributed by atoms with Gasteiger partial charge in [0.15, 0.2) is 0 Å². The van der Waals surface area contributed by atoms with Crippen LogP contribution in [0.1, 0.15) is 17.0 Å². The topological polar surface area (TPSA) is 34.9 Å². The van der Waals surface area contributed by atoms with Crippen molar-refractivity contribution in [1.82, 2.24) is 9.55 Å². The van der Waals surface area contributed by atoms with Crippen LogP contribution in [0.4, 0.5) is 0 Å². The molecule has 0 radical (unpaired) electrons. The SMILES string of the molecule is Cc1csc2c(=O)n(CC(CBr)c3ccccc3)cnc12. The van der Waals surface area contributed by atoms with Crippen molar-refractivity contribution in [2.75, 3.05) is 5.33 Å². The van der Waals surface area contributed by atoms with E-state index in [2.05, 4.69) is 33.0 Å². The molecule has 0 bridgehead atoms. The summed E-state index contributed by atoms with van der Waals surface area (Å²) < 4.78 is 2.47. The van der Waals surface area contributed by atoms with Crippen LogP contribution in [0.2, 0.25) is 0 Å². The molecule has 0 fully saturated rings. The maximum absolute atomic E-state index is 12.5.